The molecule has 0 radical (unpaired) electrons. The number of piperazine rings is 1. The number of β-amino-alcohol motifs (C(OH)–C–C–N with tert-alkyl or cyclic N) is 1. The Balaban J connectivity index is 1.17. The van der Waals surface area contributed by atoms with E-state index in [1.165, 1.54) is 64.2 Å². The summed E-state index contributed by atoms with van der Waals surface area (Å²) >= 11 is 0. The molecule has 4 aliphatic carbocycles. The predicted molar refractivity (Wildman–Crippen MR) is 138 cm³/mol. The molecule has 1 aliphatic heterocycles. The summed E-state index contributed by atoms with van der Waals surface area (Å²) in [6, 6.07) is 0. The minimum atomic E-state index is 0.216. The van der Waals surface area contributed by atoms with Gasteiger partial charge in [-0.2, -0.15) is 0 Å². The number of carbonyl (C=O) groups excluding carboxylic acids is 1. The van der Waals surface area contributed by atoms with Crippen molar-refractivity contribution in [1.82, 2.24) is 9.80 Å². The molecule has 1 amide bonds. The summed E-state index contributed by atoms with van der Waals surface area (Å²) in [7, 11) is 0. The Hall–Kier alpha value is -0.610. The van der Waals surface area contributed by atoms with Crippen molar-refractivity contribution in [1.29, 1.82) is 0 Å². The van der Waals surface area contributed by atoms with Crippen molar-refractivity contribution in [2.75, 3.05) is 39.3 Å². The molecule has 0 aromatic carbocycles. The molecule has 5 aliphatic rings. The first-order valence-corrected chi connectivity index (χ1v) is 15.0. The van der Waals surface area contributed by atoms with Crippen LogP contribution in [0, 0.1) is 46.3 Å². The lowest BCUT2D eigenvalue weighted by molar-refractivity contribution is -0.133. The summed E-state index contributed by atoms with van der Waals surface area (Å²) in [4.78, 5) is 17.3. The van der Waals surface area contributed by atoms with E-state index in [0.29, 0.717) is 22.7 Å². The summed E-state index contributed by atoms with van der Waals surface area (Å²) in [6.45, 7) is 12.3. The highest BCUT2D eigenvalue weighted by atomic mass is 16.3. The van der Waals surface area contributed by atoms with Gasteiger partial charge in [-0.05, 0) is 104 Å². The van der Waals surface area contributed by atoms with Crippen LogP contribution in [0.4, 0.5) is 0 Å². The number of hydrogen-bond donors (Lipinski definition) is 1. The van der Waals surface area contributed by atoms with Gasteiger partial charge < -0.3 is 10.0 Å². The number of fused-ring (bicyclic) bond motifs is 5. The maximum atomic E-state index is 13.0. The van der Waals surface area contributed by atoms with Gasteiger partial charge in [0.25, 0.3) is 0 Å². The second-order valence-corrected chi connectivity index (χ2v) is 13.6. The maximum absolute atomic E-state index is 13.0. The Labute approximate surface area is 209 Å². The summed E-state index contributed by atoms with van der Waals surface area (Å²) in [6.07, 6.45) is 16.5. The lowest BCUT2D eigenvalue weighted by atomic mass is 9.44. The van der Waals surface area contributed by atoms with Gasteiger partial charge in [-0.3, -0.25) is 9.69 Å². The maximum Gasteiger partial charge on any atom is 0.222 e. The molecule has 4 saturated carbocycles. The minimum Gasteiger partial charge on any atom is -0.395 e. The zero-order chi connectivity index (χ0) is 23.9. The van der Waals surface area contributed by atoms with E-state index in [0.717, 1.165) is 75.2 Å². The summed E-state index contributed by atoms with van der Waals surface area (Å²) in [5, 5.41) is 9.15. The highest BCUT2D eigenvalue weighted by molar-refractivity contribution is 5.76. The van der Waals surface area contributed by atoms with Crippen molar-refractivity contribution in [3.8, 4) is 0 Å². The lowest BCUT2D eigenvalue weighted by Crippen LogP contribution is -2.53. The van der Waals surface area contributed by atoms with Gasteiger partial charge in [0.15, 0.2) is 0 Å². The highest BCUT2D eigenvalue weighted by Gasteiger charge is 2.60. The van der Waals surface area contributed by atoms with Gasteiger partial charge in [-0.15, -0.1) is 0 Å². The molecular formula is C30H52N2O2. The van der Waals surface area contributed by atoms with Crippen LogP contribution in [-0.4, -0.2) is 60.1 Å². The molecule has 5 fully saturated rings. The van der Waals surface area contributed by atoms with Gasteiger partial charge in [0.05, 0.1) is 6.61 Å². The number of amides is 1. The molecule has 1 N–H and O–H groups in total. The quantitative estimate of drug-likeness (QED) is 0.548. The van der Waals surface area contributed by atoms with Crippen molar-refractivity contribution in [2.24, 2.45) is 46.3 Å². The van der Waals surface area contributed by atoms with Crippen LogP contribution in [0.5, 0.6) is 0 Å². The van der Waals surface area contributed by atoms with Crippen LogP contribution < -0.4 is 0 Å². The molecule has 5 rings (SSSR count). The normalized spacial score (nSPS) is 43.6. The van der Waals surface area contributed by atoms with Gasteiger partial charge in [0.2, 0.25) is 5.91 Å². The summed E-state index contributed by atoms with van der Waals surface area (Å²) in [5.74, 6) is 5.75. The second kappa shape index (κ2) is 10.0. The largest absolute Gasteiger partial charge is 0.395 e. The van der Waals surface area contributed by atoms with Crippen molar-refractivity contribution in [3.05, 3.63) is 0 Å². The van der Waals surface area contributed by atoms with Gasteiger partial charge >= 0.3 is 0 Å². The number of carbonyl (C=O) groups is 1. The first kappa shape index (κ1) is 25.1. The van der Waals surface area contributed by atoms with Gasteiger partial charge in [0.1, 0.15) is 0 Å². The summed E-state index contributed by atoms with van der Waals surface area (Å²) in [5.41, 5.74) is 1.15. The topological polar surface area (TPSA) is 43.8 Å². The van der Waals surface area contributed by atoms with Crippen molar-refractivity contribution in [2.45, 2.75) is 97.8 Å². The van der Waals surface area contributed by atoms with Gasteiger partial charge in [0, 0.05) is 39.1 Å². The number of rotatable bonds is 6. The third-order valence-electron chi connectivity index (χ3n) is 12.3. The zero-order valence-corrected chi connectivity index (χ0v) is 22.4. The minimum absolute atomic E-state index is 0.216. The average Bonchev–Trinajstić information content (AvgIpc) is 3.20. The third-order valence-corrected chi connectivity index (χ3v) is 12.3. The molecule has 0 aromatic heterocycles. The van der Waals surface area contributed by atoms with Crippen LogP contribution in [0.3, 0.4) is 0 Å². The van der Waals surface area contributed by atoms with Crippen molar-refractivity contribution < 1.29 is 9.90 Å². The standard InChI is InChI=1S/C30H52N2O2/c1-22(7-12-28(34)32-18-16-31(17-19-32)20-21-33)25-10-11-26-24-9-8-23-6-4-5-14-29(23,2)27(24)13-15-30(25,26)3/h22-27,33H,4-21H2,1-3H3/t22-,23+,24+,25?,26?,27?,29+,30-/m1/s1. The number of nitrogens with zero attached hydrogens (tertiary/aromatic N) is 2. The number of aliphatic hydroxyl groups excluding tert-OH is 1. The Kier molecular flexibility index (Phi) is 7.40. The van der Waals surface area contributed by atoms with E-state index < -0.39 is 0 Å². The Morgan fingerprint density at radius 2 is 1.68 bits per heavy atom. The van der Waals surface area contributed by atoms with Crippen LogP contribution in [0.2, 0.25) is 0 Å². The summed E-state index contributed by atoms with van der Waals surface area (Å²) < 4.78 is 0. The molecule has 3 unspecified atom stereocenters. The fourth-order valence-corrected chi connectivity index (χ4v) is 10.3. The molecular weight excluding hydrogens is 420 g/mol. The molecule has 0 bridgehead atoms. The Morgan fingerprint density at radius 1 is 0.912 bits per heavy atom. The van der Waals surface area contributed by atoms with E-state index in [1.54, 1.807) is 0 Å². The molecule has 4 nitrogen and oxygen atoms in total. The van der Waals surface area contributed by atoms with Crippen LogP contribution in [-0.2, 0) is 4.79 Å². The molecule has 8 atom stereocenters. The molecule has 1 saturated heterocycles. The lowest BCUT2D eigenvalue weighted by Gasteiger charge is -2.61. The first-order valence-electron chi connectivity index (χ1n) is 15.0. The Bertz CT molecular complexity index is 719. The van der Waals surface area contributed by atoms with Crippen molar-refractivity contribution in [3.63, 3.8) is 0 Å². The van der Waals surface area contributed by atoms with Crippen LogP contribution in [0.25, 0.3) is 0 Å². The fourth-order valence-electron chi connectivity index (χ4n) is 10.3. The Morgan fingerprint density at radius 3 is 2.44 bits per heavy atom. The van der Waals surface area contributed by atoms with E-state index in [1.807, 2.05) is 0 Å². The SMILES string of the molecule is C[C@H](CCC(=O)N1CCN(CCO)CC1)C1CCC2[C@@H]3CC[C@@H]4CCCC[C@]4(C)C3CC[C@@]21C. The molecule has 194 valence electrons. The van der Waals surface area contributed by atoms with Gasteiger partial charge in [-0.25, -0.2) is 0 Å². The fraction of sp³-hybridized carbons (Fsp3) is 0.967. The van der Waals surface area contributed by atoms with Gasteiger partial charge in [-0.1, -0.05) is 33.6 Å². The molecule has 1 heterocycles. The smallest absolute Gasteiger partial charge is 0.222 e. The van der Waals surface area contributed by atoms with E-state index in [9.17, 15) is 4.79 Å². The molecule has 0 spiro atoms. The molecule has 4 heteroatoms. The monoisotopic (exact) mass is 472 g/mol. The number of aliphatic hydroxyl groups is 1. The van der Waals surface area contributed by atoms with Crippen molar-refractivity contribution >= 4 is 5.91 Å². The predicted octanol–water partition coefficient (Wildman–Crippen LogP) is 5.59. The van der Waals surface area contributed by atoms with Crippen LogP contribution >= 0.6 is 0 Å². The first-order chi connectivity index (χ1) is 16.4. The van der Waals surface area contributed by atoms with E-state index in [-0.39, 0.29) is 6.61 Å². The molecule has 0 aromatic rings. The van der Waals surface area contributed by atoms with E-state index in [2.05, 4.69) is 30.6 Å². The van der Waals surface area contributed by atoms with E-state index >= 15 is 0 Å². The second-order valence-electron chi connectivity index (χ2n) is 13.6. The van der Waals surface area contributed by atoms with Crippen LogP contribution in [0.1, 0.15) is 97.8 Å². The zero-order valence-electron chi connectivity index (χ0n) is 22.4. The highest BCUT2D eigenvalue weighted by Crippen LogP contribution is 2.68. The third kappa shape index (κ3) is 4.38. The van der Waals surface area contributed by atoms with E-state index in [4.69, 9.17) is 5.11 Å². The number of hydrogen-bond acceptors (Lipinski definition) is 3. The van der Waals surface area contributed by atoms with Crippen LogP contribution in [0.15, 0.2) is 0 Å². The average molecular weight is 473 g/mol. The molecule has 34 heavy (non-hydrogen) atoms.